The van der Waals surface area contributed by atoms with Gasteiger partial charge in [0.1, 0.15) is 17.8 Å². The summed E-state index contributed by atoms with van der Waals surface area (Å²) in [6, 6.07) is 12.2. The third-order valence-corrected chi connectivity index (χ3v) is 5.81. The van der Waals surface area contributed by atoms with Crippen LogP contribution < -0.4 is 10.1 Å². The number of aromatic hydroxyl groups is 1. The molecule has 1 atom stereocenters. The number of anilines is 2. The fraction of sp³-hybridized carbons (Fsp3) is 0.407. The van der Waals surface area contributed by atoms with Crippen LogP contribution >= 0.6 is 0 Å². The standard InChI is InChI=1S/C27H34N4O4/c1-4-6-7-19(5-2)17-35-22-12-13-23(25(33)16-22)26-28-18-29-27(31-26)30-21-10-8-20(9-11-21)24(32)14-15-34-3/h8-13,16,18-19,33H,4-7,14-15,17H2,1-3H3,(H,28,29,30,31). The number of rotatable bonds is 14. The maximum absolute atomic E-state index is 12.1. The van der Waals surface area contributed by atoms with Crippen molar-refractivity contribution in [2.75, 3.05) is 25.6 Å². The zero-order chi connectivity index (χ0) is 25.0. The summed E-state index contributed by atoms with van der Waals surface area (Å²) >= 11 is 0. The number of phenols is 1. The van der Waals surface area contributed by atoms with E-state index in [0.717, 1.165) is 18.5 Å². The van der Waals surface area contributed by atoms with Crippen molar-refractivity contribution in [2.45, 2.75) is 46.0 Å². The highest BCUT2D eigenvalue weighted by Crippen LogP contribution is 2.31. The number of Topliss-reactive ketones (excluding diaryl/α,β-unsaturated/α-hetero) is 1. The minimum absolute atomic E-state index is 0.0231. The van der Waals surface area contributed by atoms with E-state index in [1.807, 2.05) is 6.07 Å². The summed E-state index contributed by atoms with van der Waals surface area (Å²) in [5.41, 5.74) is 1.83. The van der Waals surface area contributed by atoms with Crippen LogP contribution in [-0.2, 0) is 4.74 Å². The number of hydrogen-bond acceptors (Lipinski definition) is 8. The van der Waals surface area contributed by atoms with E-state index in [9.17, 15) is 9.90 Å². The Morgan fingerprint density at radius 1 is 1.11 bits per heavy atom. The number of phenolic OH excluding ortho intramolecular Hbond substituents is 1. The van der Waals surface area contributed by atoms with Gasteiger partial charge in [0, 0.05) is 30.8 Å². The number of ether oxygens (including phenoxy) is 2. The van der Waals surface area contributed by atoms with Crippen LogP contribution in [0.5, 0.6) is 11.5 Å². The van der Waals surface area contributed by atoms with Crippen molar-refractivity contribution in [3.63, 3.8) is 0 Å². The molecule has 0 saturated carbocycles. The van der Waals surface area contributed by atoms with Gasteiger partial charge in [0.2, 0.25) is 5.95 Å². The van der Waals surface area contributed by atoms with Crippen LogP contribution in [0.25, 0.3) is 11.4 Å². The molecule has 35 heavy (non-hydrogen) atoms. The molecule has 0 amide bonds. The second-order valence-electron chi connectivity index (χ2n) is 8.41. The quantitative estimate of drug-likeness (QED) is 0.280. The Bertz CT molecular complexity index is 1090. The summed E-state index contributed by atoms with van der Waals surface area (Å²) in [5, 5.41) is 13.7. The van der Waals surface area contributed by atoms with E-state index < -0.39 is 0 Å². The van der Waals surface area contributed by atoms with Crippen molar-refractivity contribution in [1.82, 2.24) is 15.0 Å². The number of ketones is 1. The molecule has 3 rings (SSSR count). The largest absolute Gasteiger partial charge is 0.507 e. The van der Waals surface area contributed by atoms with Crippen LogP contribution in [0.1, 0.15) is 56.3 Å². The summed E-state index contributed by atoms with van der Waals surface area (Å²) in [6.45, 7) is 5.39. The van der Waals surface area contributed by atoms with E-state index in [-0.39, 0.29) is 11.5 Å². The van der Waals surface area contributed by atoms with Gasteiger partial charge in [-0.1, -0.05) is 33.1 Å². The van der Waals surface area contributed by atoms with Crippen molar-refractivity contribution in [3.8, 4) is 22.9 Å². The van der Waals surface area contributed by atoms with Crippen LogP contribution in [0.15, 0.2) is 48.8 Å². The molecule has 186 valence electrons. The first-order valence-electron chi connectivity index (χ1n) is 12.1. The van der Waals surface area contributed by atoms with Gasteiger partial charge in [-0.25, -0.2) is 9.97 Å². The lowest BCUT2D eigenvalue weighted by molar-refractivity contribution is 0.0932. The lowest BCUT2D eigenvalue weighted by Crippen LogP contribution is -2.11. The highest BCUT2D eigenvalue weighted by atomic mass is 16.5. The molecule has 2 N–H and O–H groups in total. The Hall–Kier alpha value is -3.52. The monoisotopic (exact) mass is 478 g/mol. The number of hydrogen-bond donors (Lipinski definition) is 2. The molecule has 0 bridgehead atoms. The van der Waals surface area contributed by atoms with Crippen LogP contribution in [0.3, 0.4) is 0 Å². The normalized spacial score (nSPS) is 11.7. The van der Waals surface area contributed by atoms with E-state index in [2.05, 4.69) is 34.1 Å². The summed E-state index contributed by atoms with van der Waals surface area (Å²) in [5.74, 6) is 1.86. The summed E-state index contributed by atoms with van der Waals surface area (Å²) in [4.78, 5) is 24.9. The Labute approximate surface area is 206 Å². The number of carbonyl (C=O) groups is 1. The van der Waals surface area contributed by atoms with E-state index in [4.69, 9.17) is 9.47 Å². The lowest BCUT2D eigenvalue weighted by atomic mass is 10.0. The third-order valence-electron chi connectivity index (χ3n) is 5.81. The molecular formula is C27H34N4O4. The van der Waals surface area contributed by atoms with E-state index in [1.54, 1.807) is 43.5 Å². The van der Waals surface area contributed by atoms with E-state index in [1.165, 1.54) is 19.2 Å². The molecule has 0 fully saturated rings. The summed E-state index contributed by atoms with van der Waals surface area (Å²) in [6.07, 6.45) is 6.30. The number of nitrogens with zero attached hydrogens (tertiary/aromatic N) is 3. The van der Waals surface area contributed by atoms with Crippen molar-refractivity contribution in [3.05, 3.63) is 54.4 Å². The lowest BCUT2D eigenvalue weighted by Gasteiger charge is -2.16. The number of benzene rings is 2. The molecule has 3 aromatic rings. The molecule has 1 heterocycles. The van der Waals surface area contributed by atoms with Gasteiger partial charge in [-0.15, -0.1) is 0 Å². The number of aromatic nitrogens is 3. The van der Waals surface area contributed by atoms with Gasteiger partial charge in [-0.05, 0) is 48.7 Å². The Morgan fingerprint density at radius 3 is 2.60 bits per heavy atom. The summed E-state index contributed by atoms with van der Waals surface area (Å²) < 4.78 is 10.9. The molecule has 0 radical (unpaired) electrons. The van der Waals surface area contributed by atoms with Gasteiger partial charge >= 0.3 is 0 Å². The fourth-order valence-electron chi connectivity index (χ4n) is 3.60. The maximum Gasteiger partial charge on any atom is 0.230 e. The van der Waals surface area contributed by atoms with E-state index in [0.29, 0.717) is 54.2 Å². The van der Waals surface area contributed by atoms with Gasteiger partial charge in [-0.2, -0.15) is 4.98 Å². The van der Waals surface area contributed by atoms with Crippen LogP contribution in [-0.4, -0.2) is 46.2 Å². The van der Waals surface area contributed by atoms with Crippen molar-refractivity contribution < 1.29 is 19.4 Å². The van der Waals surface area contributed by atoms with E-state index >= 15 is 0 Å². The minimum atomic E-state index is 0.0231. The van der Waals surface area contributed by atoms with Crippen LogP contribution in [0.4, 0.5) is 11.6 Å². The Kier molecular flexibility index (Phi) is 9.98. The number of methoxy groups -OCH3 is 1. The van der Waals surface area contributed by atoms with Gasteiger partial charge in [0.05, 0.1) is 18.8 Å². The third kappa shape index (κ3) is 7.75. The Morgan fingerprint density at radius 2 is 1.91 bits per heavy atom. The maximum atomic E-state index is 12.1. The van der Waals surface area contributed by atoms with Crippen molar-refractivity contribution >= 4 is 17.4 Å². The molecule has 0 aliphatic rings. The molecule has 2 aromatic carbocycles. The molecule has 0 spiro atoms. The smallest absolute Gasteiger partial charge is 0.230 e. The predicted molar refractivity (Wildman–Crippen MR) is 136 cm³/mol. The first-order valence-corrected chi connectivity index (χ1v) is 12.1. The topological polar surface area (TPSA) is 106 Å². The SMILES string of the molecule is CCCCC(CC)COc1ccc(-c2ncnc(Nc3ccc(C(=O)CCOC)cc3)n2)c(O)c1. The van der Waals surface area contributed by atoms with Gasteiger partial charge in [0.15, 0.2) is 11.6 Å². The Balaban J connectivity index is 1.65. The molecule has 0 aliphatic carbocycles. The molecule has 0 saturated heterocycles. The average Bonchev–Trinajstić information content (AvgIpc) is 2.88. The second-order valence-corrected chi connectivity index (χ2v) is 8.41. The first-order chi connectivity index (χ1) is 17.0. The zero-order valence-corrected chi connectivity index (χ0v) is 20.7. The predicted octanol–water partition coefficient (Wildman–Crippen LogP) is 5.80. The average molecular weight is 479 g/mol. The first kappa shape index (κ1) is 26.1. The number of nitrogens with one attached hydrogen (secondary N) is 1. The highest BCUT2D eigenvalue weighted by Gasteiger charge is 2.13. The molecular weight excluding hydrogens is 444 g/mol. The van der Waals surface area contributed by atoms with Gasteiger partial charge in [0.25, 0.3) is 0 Å². The van der Waals surface area contributed by atoms with Gasteiger partial charge < -0.3 is 19.9 Å². The fourth-order valence-corrected chi connectivity index (χ4v) is 3.60. The number of carbonyl (C=O) groups excluding carboxylic acids is 1. The van der Waals surface area contributed by atoms with Crippen LogP contribution in [0.2, 0.25) is 0 Å². The second kappa shape index (κ2) is 13.4. The van der Waals surface area contributed by atoms with Crippen molar-refractivity contribution in [2.24, 2.45) is 5.92 Å². The number of unbranched alkanes of at least 4 members (excludes halogenated alkanes) is 1. The van der Waals surface area contributed by atoms with Gasteiger partial charge in [-0.3, -0.25) is 4.79 Å². The molecule has 8 nitrogen and oxygen atoms in total. The van der Waals surface area contributed by atoms with Crippen LogP contribution in [0, 0.1) is 5.92 Å². The molecule has 8 heteroatoms. The molecule has 0 aliphatic heterocycles. The van der Waals surface area contributed by atoms with Crippen molar-refractivity contribution in [1.29, 1.82) is 0 Å². The molecule has 1 unspecified atom stereocenters. The highest BCUT2D eigenvalue weighted by molar-refractivity contribution is 5.96. The molecule has 1 aromatic heterocycles. The summed E-state index contributed by atoms with van der Waals surface area (Å²) in [7, 11) is 1.57. The zero-order valence-electron chi connectivity index (χ0n) is 20.7. The minimum Gasteiger partial charge on any atom is -0.507 e.